The first-order chi connectivity index (χ1) is 9.44. The van der Waals surface area contributed by atoms with E-state index in [1.807, 2.05) is 18.7 Å². The van der Waals surface area contributed by atoms with Gasteiger partial charge in [0.1, 0.15) is 24.5 Å². The van der Waals surface area contributed by atoms with Crippen LogP contribution in [-0.4, -0.2) is 59.2 Å². The molecule has 0 amide bonds. The average molecular weight is 300 g/mol. The van der Waals surface area contributed by atoms with E-state index in [1.165, 1.54) is 0 Å². The van der Waals surface area contributed by atoms with Gasteiger partial charge in [-0.1, -0.05) is 0 Å². The average Bonchev–Trinajstić information content (AvgIpc) is 2.72. The third-order valence-electron chi connectivity index (χ3n) is 4.32. The molecule has 0 aromatic heterocycles. The minimum Gasteiger partial charge on any atom is -0.360 e. The number of hydrogen-bond acceptors (Lipinski definition) is 5. The molecule has 0 radical (unpaired) electrons. The molecule has 0 aliphatic carbocycles. The van der Waals surface area contributed by atoms with E-state index < -0.39 is 5.79 Å². The van der Waals surface area contributed by atoms with Gasteiger partial charge in [0.2, 0.25) is 0 Å². The second-order valence-corrected chi connectivity index (χ2v) is 6.80. The Kier molecular flexibility index (Phi) is 2.82. The van der Waals surface area contributed by atoms with Gasteiger partial charge in [0.05, 0.1) is 6.61 Å². The highest BCUT2D eigenvalue weighted by molar-refractivity contribution is 7.80. The molecular weight excluding hydrogens is 280 g/mol. The van der Waals surface area contributed by atoms with Gasteiger partial charge in [-0.15, -0.1) is 0 Å². The normalized spacial score (nSPS) is 49.4. The Balaban J connectivity index is 1.65. The van der Waals surface area contributed by atoms with E-state index in [0.717, 1.165) is 6.42 Å². The lowest BCUT2D eigenvalue weighted by Gasteiger charge is -2.43. The zero-order valence-electron chi connectivity index (χ0n) is 11.9. The maximum atomic E-state index is 6.08. The maximum Gasteiger partial charge on any atom is 0.173 e. The van der Waals surface area contributed by atoms with Crippen LogP contribution in [0.3, 0.4) is 0 Å². The van der Waals surface area contributed by atoms with Gasteiger partial charge in [-0.25, -0.2) is 0 Å². The first-order valence-corrected chi connectivity index (χ1v) is 7.57. The van der Waals surface area contributed by atoms with Gasteiger partial charge in [-0.3, -0.25) is 4.90 Å². The van der Waals surface area contributed by atoms with Crippen molar-refractivity contribution >= 4 is 17.3 Å². The molecule has 0 saturated carbocycles. The summed E-state index contributed by atoms with van der Waals surface area (Å²) in [4.78, 5) is 2.00. The summed E-state index contributed by atoms with van der Waals surface area (Å²) < 4.78 is 24.1. The van der Waals surface area contributed by atoms with Crippen molar-refractivity contribution < 1.29 is 18.9 Å². The van der Waals surface area contributed by atoms with Crippen molar-refractivity contribution in [1.29, 1.82) is 0 Å². The van der Waals surface area contributed by atoms with Gasteiger partial charge in [-0.2, -0.15) is 0 Å². The minimum atomic E-state index is -0.576. The van der Waals surface area contributed by atoms with Crippen LogP contribution in [0, 0.1) is 0 Å². The molecule has 7 heteroatoms. The first kappa shape index (κ1) is 13.2. The molecule has 6 atom stereocenters. The van der Waals surface area contributed by atoms with Crippen molar-refractivity contribution in [3.63, 3.8) is 0 Å². The minimum absolute atomic E-state index is 0.0398. The van der Waals surface area contributed by atoms with Crippen LogP contribution in [0.5, 0.6) is 0 Å². The topological polar surface area (TPSA) is 52.2 Å². The number of ether oxygens (including phenoxy) is 4. The molecule has 4 saturated heterocycles. The molecule has 4 aliphatic rings. The quantitative estimate of drug-likeness (QED) is 0.656. The summed E-state index contributed by atoms with van der Waals surface area (Å²) in [6.07, 6.45) is 0.325. The Hall–Kier alpha value is -0.470. The van der Waals surface area contributed by atoms with Crippen LogP contribution in [0.2, 0.25) is 0 Å². The molecule has 20 heavy (non-hydrogen) atoms. The van der Waals surface area contributed by atoms with E-state index in [2.05, 4.69) is 12.2 Å². The third kappa shape index (κ3) is 1.88. The standard InChI is InChI=1S/C13H20N2O4S/c1-6-4-8-15(12(20)14-6)11-10-9(7(17-11)5-16-8)18-13(2,3)19-10/h6-11H,4-5H2,1-3H3,(H,14,20)/t6?,7-,8?,9-,10-,11-/m1/s1. The lowest BCUT2D eigenvalue weighted by Crippen LogP contribution is -2.62. The Labute approximate surface area is 123 Å². The fourth-order valence-electron chi connectivity index (χ4n) is 3.54. The van der Waals surface area contributed by atoms with Crippen molar-refractivity contribution in [2.45, 2.75) is 69.8 Å². The predicted molar refractivity (Wildman–Crippen MR) is 73.9 cm³/mol. The van der Waals surface area contributed by atoms with Crippen molar-refractivity contribution in [3.05, 3.63) is 0 Å². The number of nitrogens with zero attached hydrogens (tertiary/aromatic N) is 1. The fraction of sp³-hybridized carbons (Fsp3) is 0.923. The van der Waals surface area contributed by atoms with Gasteiger partial charge in [0, 0.05) is 12.5 Å². The molecule has 4 rings (SSSR count). The van der Waals surface area contributed by atoms with E-state index in [4.69, 9.17) is 31.2 Å². The Bertz CT molecular complexity index is 446. The SMILES string of the molecule is CC1CC2OC[C@H]3O[C@H]([C@@H]4OC(C)(C)O[C@@H]43)N2C(=S)N1. The Morgan fingerprint density at radius 1 is 1.30 bits per heavy atom. The molecule has 2 bridgehead atoms. The van der Waals surface area contributed by atoms with Crippen LogP contribution in [0.25, 0.3) is 0 Å². The Morgan fingerprint density at radius 3 is 2.85 bits per heavy atom. The number of rotatable bonds is 0. The molecule has 2 unspecified atom stereocenters. The van der Waals surface area contributed by atoms with Crippen LogP contribution < -0.4 is 5.32 Å². The number of nitrogens with one attached hydrogen (secondary N) is 1. The van der Waals surface area contributed by atoms with Crippen LogP contribution in [0.15, 0.2) is 0 Å². The van der Waals surface area contributed by atoms with Gasteiger partial charge < -0.3 is 24.3 Å². The lowest BCUT2D eigenvalue weighted by atomic mass is 10.1. The molecule has 6 nitrogen and oxygen atoms in total. The summed E-state index contributed by atoms with van der Waals surface area (Å²) in [6, 6.07) is 0.313. The third-order valence-corrected chi connectivity index (χ3v) is 4.65. The highest BCUT2D eigenvalue weighted by Gasteiger charge is 2.60. The number of thiocarbonyl (C=S) groups is 1. The zero-order valence-corrected chi connectivity index (χ0v) is 12.7. The molecular formula is C13H20N2O4S. The van der Waals surface area contributed by atoms with E-state index in [1.54, 1.807) is 0 Å². The van der Waals surface area contributed by atoms with Gasteiger partial charge >= 0.3 is 0 Å². The fourth-order valence-corrected chi connectivity index (χ4v) is 3.96. The van der Waals surface area contributed by atoms with Crippen molar-refractivity contribution in [2.75, 3.05) is 6.61 Å². The zero-order chi connectivity index (χ0) is 14.1. The summed E-state index contributed by atoms with van der Waals surface area (Å²) >= 11 is 5.48. The molecule has 0 spiro atoms. The number of hydrogen-bond donors (Lipinski definition) is 1. The predicted octanol–water partition coefficient (Wildman–Crippen LogP) is 0.556. The second-order valence-electron chi connectivity index (χ2n) is 6.41. The molecule has 0 aromatic carbocycles. The monoisotopic (exact) mass is 300 g/mol. The highest BCUT2D eigenvalue weighted by atomic mass is 32.1. The van der Waals surface area contributed by atoms with Crippen molar-refractivity contribution in [2.24, 2.45) is 0 Å². The van der Waals surface area contributed by atoms with E-state index >= 15 is 0 Å². The molecule has 0 aromatic rings. The van der Waals surface area contributed by atoms with Crippen LogP contribution in [0.1, 0.15) is 27.2 Å². The molecule has 1 N–H and O–H groups in total. The molecule has 4 fully saturated rings. The summed E-state index contributed by atoms with van der Waals surface area (Å²) in [5, 5.41) is 3.97. The molecule has 112 valence electrons. The molecule has 4 heterocycles. The summed E-state index contributed by atoms with van der Waals surface area (Å²) in [7, 11) is 0. The van der Waals surface area contributed by atoms with Crippen LogP contribution >= 0.6 is 12.2 Å². The van der Waals surface area contributed by atoms with Gasteiger partial charge in [0.25, 0.3) is 0 Å². The van der Waals surface area contributed by atoms with E-state index in [9.17, 15) is 0 Å². The number of fused-ring (bicyclic) bond motifs is 7. The van der Waals surface area contributed by atoms with Crippen molar-refractivity contribution in [3.8, 4) is 0 Å². The second kappa shape index (κ2) is 4.27. The largest absolute Gasteiger partial charge is 0.360 e. The summed E-state index contributed by atoms with van der Waals surface area (Å²) in [5.41, 5.74) is 0. The lowest BCUT2D eigenvalue weighted by molar-refractivity contribution is -0.197. The first-order valence-electron chi connectivity index (χ1n) is 7.16. The van der Waals surface area contributed by atoms with Crippen molar-refractivity contribution in [1.82, 2.24) is 10.2 Å². The smallest absolute Gasteiger partial charge is 0.173 e. The summed E-state index contributed by atoms with van der Waals surface area (Å²) in [5.74, 6) is -0.576. The van der Waals surface area contributed by atoms with Crippen LogP contribution in [0.4, 0.5) is 0 Å². The van der Waals surface area contributed by atoms with Gasteiger partial charge in [0.15, 0.2) is 17.1 Å². The van der Waals surface area contributed by atoms with E-state index in [0.29, 0.717) is 17.8 Å². The van der Waals surface area contributed by atoms with Gasteiger partial charge in [-0.05, 0) is 33.0 Å². The van der Waals surface area contributed by atoms with E-state index in [-0.39, 0.29) is 30.8 Å². The van der Waals surface area contributed by atoms with Crippen LogP contribution in [-0.2, 0) is 18.9 Å². The maximum absolute atomic E-state index is 6.08. The Morgan fingerprint density at radius 2 is 2.05 bits per heavy atom. The highest BCUT2D eigenvalue weighted by Crippen LogP contribution is 2.42. The summed E-state index contributed by atoms with van der Waals surface area (Å²) in [6.45, 7) is 6.50. The molecule has 4 aliphatic heterocycles.